The van der Waals surface area contributed by atoms with Crippen LogP contribution in [0.25, 0.3) is 5.57 Å². The Labute approximate surface area is 232 Å². The molecule has 1 N–H and O–H groups in total. The summed E-state index contributed by atoms with van der Waals surface area (Å²) in [6, 6.07) is 12.6. The van der Waals surface area contributed by atoms with E-state index in [1.807, 2.05) is 18.4 Å². The van der Waals surface area contributed by atoms with Crippen LogP contribution in [0.5, 0.6) is 5.75 Å². The average Bonchev–Trinajstić information content (AvgIpc) is 2.90. The van der Waals surface area contributed by atoms with Gasteiger partial charge in [-0.15, -0.1) is 11.8 Å². The van der Waals surface area contributed by atoms with E-state index in [9.17, 15) is 22.8 Å². The van der Waals surface area contributed by atoms with E-state index in [0.29, 0.717) is 23.1 Å². The lowest BCUT2D eigenvalue weighted by molar-refractivity contribution is -0.110. The molecule has 0 amide bonds. The predicted molar refractivity (Wildman–Crippen MR) is 146 cm³/mol. The van der Waals surface area contributed by atoms with Gasteiger partial charge in [0.2, 0.25) is 0 Å². The number of rotatable bonds is 12. The second kappa shape index (κ2) is 14.8. The highest BCUT2D eigenvalue weighted by atomic mass is 35.5. The summed E-state index contributed by atoms with van der Waals surface area (Å²) in [5.74, 6) is -1.37. The molecular weight excluding hydrogens is 555 g/mol. The van der Waals surface area contributed by atoms with Crippen molar-refractivity contribution in [3.63, 3.8) is 0 Å². The predicted octanol–water partition coefficient (Wildman–Crippen LogP) is 5.10. The lowest BCUT2D eigenvalue weighted by Gasteiger charge is -2.16. The zero-order valence-electron chi connectivity index (χ0n) is 21.0. The van der Waals surface area contributed by atoms with Gasteiger partial charge in [-0.2, -0.15) is 23.5 Å². The minimum absolute atomic E-state index is 0.0267. The van der Waals surface area contributed by atoms with Gasteiger partial charge in [-0.1, -0.05) is 23.7 Å². The Morgan fingerprint density at radius 2 is 1.97 bits per heavy atom. The van der Waals surface area contributed by atoms with Gasteiger partial charge in [0.25, 0.3) is 0 Å². The SMILES string of the molecule is CN/N=C(\C=C(/C=O)c1cccc(SC)c1)CN(C)/C=N\C(=C(/C=O)Oc1cc(Cl)cc(C#N)c1)C(F)(F)F. The van der Waals surface area contributed by atoms with Crippen LogP contribution in [0.1, 0.15) is 11.1 Å². The average molecular weight is 578 g/mol. The van der Waals surface area contributed by atoms with Gasteiger partial charge >= 0.3 is 6.18 Å². The number of carbonyl (C=O) groups is 2. The Balaban J connectivity index is 2.37. The van der Waals surface area contributed by atoms with Crippen LogP contribution in [0, 0.1) is 11.3 Å². The summed E-state index contributed by atoms with van der Waals surface area (Å²) in [6.45, 7) is -0.0495. The molecular formula is C26H23ClF3N5O3S. The maximum Gasteiger partial charge on any atom is 0.437 e. The number of hydrazone groups is 1. The molecule has 0 spiro atoms. The Hall–Kier alpha value is -4.08. The first-order valence-corrected chi connectivity index (χ1v) is 12.6. The molecule has 0 heterocycles. The lowest BCUT2D eigenvalue weighted by atomic mass is 10.1. The largest absolute Gasteiger partial charge is 0.452 e. The maximum absolute atomic E-state index is 13.8. The molecule has 2 rings (SSSR count). The second-order valence-corrected chi connectivity index (χ2v) is 8.97. The number of nitrogens with one attached hydrogen (secondary N) is 1. The molecule has 0 radical (unpaired) electrons. The van der Waals surface area contributed by atoms with E-state index in [1.54, 1.807) is 18.2 Å². The molecule has 0 bridgehead atoms. The Morgan fingerprint density at radius 1 is 1.23 bits per heavy atom. The fourth-order valence-corrected chi connectivity index (χ4v) is 3.78. The van der Waals surface area contributed by atoms with Gasteiger partial charge in [0.05, 0.1) is 30.2 Å². The van der Waals surface area contributed by atoms with Crippen molar-refractivity contribution >= 4 is 53.6 Å². The topological polar surface area (TPSA) is 107 Å². The number of hydrogen-bond acceptors (Lipinski definition) is 8. The molecule has 2 aromatic rings. The number of halogens is 4. The van der Waals surface area contributed by atoms with Crippen LogP contribution in [-0.4, -0.2) is 62.6 Å². The van der Waals surface area contributed by atoms with Crippen LogP contribution < -0.4 is 10.2 Å². The number of nitriles is 1. The van der Waals surface area contributed by atoms with Gasteiger partial charge in [-0.3, -0.25) is 9.59 Å². The Kier molecular flexibility index (Phi) is 11.8. The van der Waals surface area contributed by atoms with Crippen molar-refractivity contribution in [3.8, 4) is 11.8 Å². The molecule has 39 heavy (non-hydrogen) atoms. The van der Waals surface area contributed by atoms with Crippen molar-refractivity contribution in [2.75, 3.05) is 26.9 Å². The highest BCUT2D eigenvalue weighted by molar-refractivity contribution is 7.98. The molecule has 0 aliphatic heterocycles. The van der Waals surface area contributed by atoms with Gasteiger partial charge < -0.3 is 15.1 Å². The zero-order valence-corrected chi connectivity index (χ0v) is 22.6. The number of benzene rings is 2. The molecule has 204 valence electrons. The summed E-state index contributed by atoms with van der Waals surface area (Å²) in [5, 5.41) is 13.2. The maximum atomic E-state index is 13.8. The summed E-state index contributed by atoms with van der Waals surface area (Å²) in [6.07, 6.45) is -0.289. The van der Waals surface area contributed by atoms with Crippen LogP contribution in [0.2, 0.25) is 5.02 Å². The van der Waals surface area contributed by atoms with E-state index >= 15 is 0 Å². The molecule has 0 saturated heterocycles. The van der Waals surface area contributed by atoms with E-state index in [4.69, 9.17) is 21.6 Å². The van der Waals surface area contributed by atoms with Crippen LogP contribution in [-0.2, 0) is 9.59 Å². The first-order chi connectivity index (χ1) is 18.5. The second-order valence-electron chi connectivity index (χ2n) is 7.65. The van der Waals surface area contributed by atoms with Gasteiger partial charge in [-0.05, 0) is 48.2 Å². The molecule has 0 saturated carbocycles. The number of nitrogens with zero attached hydrogens (tertiary/aromatic N) is 4. The van der Waals surface area contributed by atoms with Crippen LogP contribution >= 0.6 is 23.4 Å². The van der Waals surface area contributed by atoms with Crippen LogP contribution in [0.4, 0.5) is 13.2 Å². The highest BCUT2D eigenvalue weighted by Crippen LogP contribution is 2.31. The smallest absolute Gasteiger partial charge is 0.437 e. The third kappa shape index (κ3) is 9.63. The monoisotopic (exact) mass is 577 g/mol. The summed E-state index contributed by atoms with van der Waals surface area (Å²) in [5.41, 5.74) is 2.30. The normalized spacial score (nSPS) is 13.0. The standard InChI is InChI=1S/C26H23ClF3N5O3S/c1-32-34-21(9-19(14-36)18-5-4-6-23(10-18)39-3)13-35(2)16-33-25(26(28,29)30)24(15-37)38-22-8-17(12-31)7-20(27)11-22/h4-11,14-16,32H,13H2,1-3H3/b19-9+,25-24+,33-16-,34-21+. The quantitative estimate of drug-likeness (QED) is 0.0711. The number of alkyl halides is 3. The first-order valence-electron chi connectivity index (χ1n) is 11.0. The number of ether oxygens (including phenoxy) is 1. The number of hydrogen-bond donors (Lipinski definition) is 1. The molecule has 0 aliphatic carbocycles. The number of thioether (sulfide) groups is 1. The van der Waals surface area contributed by atoms with Crippen molar-refractivity contribution in [1.29, 1.82) is 5.26 Å². The molecule has 13 heteroatoms. The number of aliphatic imine (C=N–C) groups is 1. The minimum atomic E-state index is -5.06. The number of aldehydes is 2. The van der Waals surface area contributed by atoms with Crippen molar-refractivity contribution in [2.45, 2.75) is 11.1 Å². The molecule has 0 atom stereocenters. The summed E-state index contributed by atoms with van der Waals surface area (Å²) >= 11 is 7.37. The van der Waals surface area contributed by atoms with Crippen molar-refractivity contribution < 1.29 is 27.5 Å². The number of allylic oxidation sites excluding steroid dienone is 3. The van der Waals surface area contributed by atoms with E-state index in [-0.39, 0.29) is 29.2 Å². The first kappa shape index (κ1) is 31.1. The molecule has 2 aromatic carbocycles. The van der Waals surface area contributed by atoms with Crippen LogP contribution in [0.15, 0.2) is 75.0 Å². The molecule has 0 fully saturated rings. The summed E-state index contributed by atoms with van der Waals surface area (Å²) in [4.78, 5) is 29.0. The van der Waals surface area contributed by atoms with Crippen molar-refractivity contribution in [3.05, 3.63) is 76.1 Å². The number of carbonyl (C=O) groups excluding carboxylic acids is 2. The molecule has 0 aliphatic rings. The third-order valence-corrected chi connectivity index (χ3v) is 5.68. The fourth-order valence-electron chi connectivity index (χ4n) is 3.09. The van der Waals surface area contributed by atoms with Crippen molar-refractivity contribution in [2.24, 2.45) is 10.1 Å². The van der Waals surface area contributed by atoms with Gasteiger partial charge in [0.15, 0.2) is 24.0 Å². The minimum Gasteiger partial charge on any atom is -0.452 e. The Bertz CT molecular complexity index is 1370. The fraction of sp³-hybridized carbons (Fsp3) is 0.192. The molecule has 0 aromatic heterocycles. The van der Waals surface area contributed by atoms with Gasteiger partial charge in [-0.25, -0.2) is 4.99 Å². The van der Waals surface area contributed by atoms with Gasteiger partial charge in [0, 0.05) is 29.6 Å². The highest BCUT2D eigenvalue weighted by Gasteiger charge is 2.38. The zero-order chi connectivity index (χ0) is 29.0. The molecule has 8 nitrogen and oxygen atoms in total. The Morgan fingerprint density at radius 3 is 2.56 bits per heavy atom. The summed E-state index contributed by atoms with van der Waals surface area (Å²) in [7, 11) is 2.96. The molecule has 0 unspecified atom stereocenters. The van der Waals surface area contributed by atoms with E-state index in [1.165, 1.54) is 42.9 Å². The van der Waals surface area contributed by atoms with Crippen molar-refractivity contribution in [1.82, 2.24) is 10.3 Å². The van der Waals surface area contributed by atoms with Crippen LogP contribution in [0.3, 0.4) is 0 Å². The van der Waals surface area contributed by atoms with E-state index in [0.717, 1.165) is 23.4 Å². The third-order valence-electron chi connectivity index (χ3n) is 4.74. The summed E-state index contributed by atoms with van der Waals surface area (Å²) < 4.78 is 46.5. The van der Waals surface area contributed by atoms with Gasteiger partial charge in [0.1, 0.15) is 5.75 Å². The van der Waals surface area contributed by atoms with E-state index < -0.39 is 17.6 Å². The lowest BCUT2D eigenvalue weighted by Crippen LogP contribution is -2.26. The van der Waals surface area contributed by atoms with E-state index in [2.05, 4.69) is 15.5 Å².